The van der Waals surface area contributed by atoms with Crippen LogP contribution in [0.4, 0.5) is 4.39 Å². The van der Waals surface area contributed by atoms with E-state index in [1.165, 1.54) is 13.2 Å². The predicted octanol–water partition coefficient (Wildman–Crippen LogP) is 4.36. The van der Waals surface area contributed by atoms with Crippen molar-refractivity contribution in [3.63, 3.8) is 0 Å². The highest BCUT2D eigenvalue weighted by Gasteiger charge is 2.15. The maximum Gasteiger partial charge on any atom is 0.242 e. The van der Waals surface area contributed by atoms with Crippen LogP contribution in [0.1, 0.15) is 31.5 Å². The van der Waals surface area contributed by atoms with Crippen molar-refractivity contribution >= 4 is 23.6 Å². The van der Waals surface area contributed by atoms with E-state index in [-0.39, 0.29) is 29.4 Å². The molecule has 1 unspecified atom stereocenters. The molecular formula is C23H30ClFN4O2. The molecule has 2 atom stereocenters. The summed E-state index contributed by atoms with van der Waals surface area (Å²) < 4.78 is 21.1. The second-order valence-electron chi connectivity index (χ2n) is 7.44. The molecule has 1 amide bonds. The van der Waals surface area contributed by atoms with Crippen molar-refractivity contribution in [1.29, 1.82) is 0 Å². The van der Waals surface area contributed by atoms with Gasteiger partial charge in [-0.15, -0.1) is 6.58 Å². The van der Waals surface area contributed by atoms with Crippen LogP contribution in [0.15, 0.2) is 59.4 Å². The van der Waals surface area contributed by atoms with E-state index in [9.17, 15) is 9.18 Å². The molecule has 0 bridgehead atoms. The Hall–Kier alpha value is -2.80. The van der Waals surface area contributed by atoms with Crippen LogP contribution < -0.4 is 10.6 Å². The highest BCUT2D eigenvalue weighted by atomic mass is 35.5. The number of amides is 1. The molecule has 8 heteroatoms. The molecule has 1 aromatic heterocycles. The average Bonchev–Trinajstić information content (AvgIpc) is 2.99. The first-order chi connectivity index (χ1) is 14.7. The van der Waals surface area contributed by atoms with Gasteiger partial charge in [-0.05, 0) is 31.9 Å². The fourth-order valence-corrected chi connectivity index (χ4v) is 3.15. The van der Waals surface area contributed by atoms with E-state index in [2.05, 4.69) is 22.3 Å². The molecule has 2 rings (SSSR count). The number of rotatable bonds is 10. The van der Waals surface area contributed by atoms with Crippen LogP contribution in [0, 0.1) is 12.8 Å². The molecule has 0 aliphatic heterocycles. The number of nitrogens with one attached hydrogen (secondary N) is 2. The molecule has 0 spiro atoms. The fourth-order valence-electron chi connectivity index (χ4n) is 2.90. The van der Waals surface area contributed by atoms with Gasteiger partial charge in [0.15, 0.2) is 0 Å². The second-order valence-corrected chi connectivity index (χ2v) is 7.85. The van der Waals surface area contributed by atoms with E-state index in [0.29, 0.717) is 24.4 Å². The van der Waals surface area contributed by atoms with Crippen molar-refractivity contribution in [1.82, 2.24) is 20.4 Å². The summed E-state index contributed by atoms with van der Waals surface area (Å²) in [5, 5.41) is 10.5. The summed E-state index contributed by atoms with van der Waals surface area (Å²) in [6, 6.07) is -0.218. The van der Waals surface area contributed by atoms with Crippen molar-refractivity contribution in [2.75, 3.05) is 13.7 Å². The Bertz CT molecular complexity index is 930. The molecule has 0 saturated heterocycles. The Morgan fingerprint density at radius 3 is 2.90 bits per heavy atom. The Morgan fingerprint density at radius 1 is 1.48 bits per heavy atom. The van der Waals surface area contributed by atoms with Crippen LogP contribution in [0.3, 0.4) is 0 Å². The number of carbonyl (C=O) groups excluding carboxylic acids is 1. The van der Waals surface area contributed by atoms with Gasteiger partial charge in [-0.3, -0.25) is 9.48 Å². The Balaban J connectivity index is 1.89. The topological polar surface area (TPSA) is 68.2 Å². The second kappa shape index (κ2) is 11.6. The van der Waals surface area contributed by atoms with E-state index in [1.807, 2.05) is 39.0 Å². The molecule has 1 aliphatic rings. The number of nitrogens with zero attached hydrogens (tertiary/aromatic N) is 2. The van der Waals surface area contributed by atoms with Crippen molar-refractivity contribution in [2.45, 2.75) is 39.8 Å². The number of methoxy groups -OCH3 is 1. The lowest BCUT2D eigenvalue weighted by Crippen LogP contribution is -2.41. The Kier molecular flexibility index (Phi) is 9.12. The van der Waals surface area contributed by atoms with Gasteiger partial charge in [-0.1, -0.05) is 36.8 Å². The zero-order chi connectivity index (χ0) is 23.0. The van der Waals surface area contributed by atoms with E-state index >= 15 is 0 Å². The van der Waals surface area contributed by atoms with E-state index < -0.39 is 5.83 Å². The van der Waals surface area contributed by atoms with Gasteiger partial charge in [0.25, 0.3) is 0 Å². The van der Waals surface area contributed by atoms with Gasteiger partial charge in [0.2, 0.25) is 5.91 Å². The van der Waals surface area contributed by atoms with Gasteiger partial charge < -0.3 is 15.4 Å². The normalized spacial score (nSPS) is 16.3. The average molecular weight is 449 g/mol. The van der Waals surface area contributed by atoms with Gasteiger partial charge in [-0.2, -0.15) is 5.10 Å². The van der Waals surface area contributed by atoms with Crippen LogP contribution in [0.2, 0.25) is 0 Å². The van der Waals surface area contributed by atoms with E-state index in [0.717, 1.165) is 11.3 Å². The van der Waals surface area contributed by atoms with Crippen molar-refractivity contribution in [3.05, 3.63) is 70.7 Å². The molecule has 168 valence electrons. The van der Waals surface area contributed by atoms with Gasteiger partial charge in [0.1, 0.15) is 18.1 Å². The SMILES string of the molecule is C=C[C@H](C)/C=C\c1cnn(CC(=O)NC(C)CNC2=C(F)C=C(Cl)C(OC)=CC2)c1C. The predicted molar refractivity (Wildman–Crippen MR) is 123 cm³/mol. The van der Waals surface area contributed by atoms with Crippen molar-refractivity contribution < 1.29 is 13.9 Å². The first-order valence-electron chi connectivity index (χ1n) is 10.1. The van der Waals surface area contributed by atoms with Crippen LogP contribution in [0.25, 0.3) is 6.08 Å². The zero-order valence-corrected chi connectivity index (χ0v) is 19.2. The lowest BCUT2D eigenvalue weighted by Gasteiger charge is -2.17. The highest BCUT2D eigenvalue weighted by molar-refractivity contribution is 6.31. The van der Waals surface area contributed by atoms with Gasteiger partial charge in [0, 0.05) is 30.3 Å². The summed E-state index contributed by atoms with van der Waals surface area (Å²) >= 11 is 6.01. The summed E-state index contributed by atoms with van der Waals surface area (Å²) in [7, 11) is 1.48. The minimum Gasteiger partial charge on any atom is -0.496 e. The maximum atomic E-state index is 14.3. The smallest absolute Gasteiger partial charge is 0.242 e. The van der Waals surface area contributed by atoms with Gasteiger partial charge in [0.05, 0.1) is 24.0 Å². The minimum absolute atomic E-state index is 0.108. The minimum atomic E-state index is -0.453. The largest absolute Gasteiger partial charge is 0.496 e. The van der Waals surface area contributed by atoms with E-state index in [4.69, 9.17) is 16.3 Å². The molecular weight excluding hydrogens is 419 g/mol. The van der Waals surface area contributed by atoms with Crippen LogP contribution in [-0.4, -0.2) is 35.4 Å². The van der Waals surface area contributed by atoms with Crippen LogP contribution >= 0.6 is 11.6 Å². The monoisotopic (exact) mass is 448 g/mol. The van der Waals surface area contributed by atoms with Crippen LogP contribution in [-0.2, 0) is 16.1 Å². The van der Waals surface area contributed by atoms with Crippen molar-refractivity contribution in [2.24, 2.45) is 5.92 Å². The lowest BCUT2D eigenvalue weighted by molar-refractivity contribution is -0.122. The summed E-state index contributed by atoms with van der Waals surface area (Å²) in [6.07, 6.45) is 10.8. The number of allylic oxidation sites excluding steroid dienone is 6. The molecule has 31 heavy (non-hydrogen) atoms. The quantitative estimate of drug-likeness (QED) is 0.522. The number of hydrogen-bond acceptors (Lipinski definition) is 4. The lowest BCUT2D eigenvalue weighted by atomic mass is 10.1. The summed E-state index contributed by atoms with van der Waals surface area (Å²) in [6.45, 7) is 10.0. The summed E-state index contributed by atoms with van der Waals surface area (Å²) in [4.78, 5) is 12.4. The molecule has 2 N–H and O–H groups in total. The molecule has 6 nitrogen and oxygen atoms in total. The van der Waals surface area contributed by atoms with Gasteiger partial charge >= 0.3 is 0 Å². The van der Waals surface area contributed by atoms with E-state index in [1.54, 1.807) is 17.0 Å². The number of hydrogen-bond donors (Lipinski definition) is 2. The number of halogens is 2. The number of aromatic nitrogens is 2. The third kappa shape index (κ3) is 7.14. The number of ether oxygens (including phenoxy) is 1. The van der Waals surface area contributed by atoms with Crippen LogP contribution in [0.5, 0.6) is 0 Å². The molecule has 0 fully saturated rings. The third-order valence-corrected chi connectivity index (χ3v) is 5.20. The Labute approximate surface area is 188 Å². The first-order valence-corrected chi connectivity index (χ1v) is 10.5. The molecule has 0 aromatic carbocycles. The zero-order valence-electron chi connectivity index (χ0n) is 18.4. The third-order valence-electron chi connectivity index (χ3n) is 4.90. The van der Waals surface area contributed by atoms with Gasteiger partial charge in [-0.25, -0.2) is 4.39 Å². The summed E-state index contributed by atoms with van der Waals surface area (Å²) in [5.74, 6) is 0.0642. The first kappa shape index (κ1) is 24.5. The molecule has 0 saturated carbocycles. The number of carbonyl (C=O) groups is 1. The fraction of sp³-hybridized carbons (Fsp3) is 0.391. The summed E-state index contributed by atoms with van der Waals surface area (Å²) in [5.41, 5.74) is 2.25. The van der Waals surface area contributed by atoms with Crippen molar-refractivity contribution in [3.8, 4) is 0 Å². The molecule has 1 aliphatic carbocycles. The standard InChI is InChI=1S/C23H30ClFN4O2/c1-6-15(2)7-8-18-13-27-29(17(18)4)14-23(30)28-16(3)12-26-21-9-10-22(31-5)19(24)11-20(21)25/h6-8,10-11,13,15-16,26H,1,9,12,14H2,2-5H3,(H,28,30)/b8-7-/t15-,16?/m0/s1. The molecule has 1 aromatic rings. The Morgan fingerprint density at radius 2 is 2.23 bits per heavy atom. The highest BCUT2D eigenvalue weighted by Crippen LogP contribution is 2.25. The molecule has 1 heterocycles. The molecule has 0 radical (unpaired) electrons. The maximum absolute atomic E-state index is 14.3.